The SMILES string of the molecule is COc1cc(Nc2ncc(F)c(Nc3cccc(C)c3N(C)S(C)(=O)=O)n2)cc(OC)c1OC. The number of methoxy groups -OCH3 is 3. The van der Waals surface area contributed by atoms with Gasteiger partial charge in [-0.1, -0.05) is 12.1 Å². The number of nitrogens with one attached hydrogen (secondary N) is 2. The van der Waals surface area contributed by atoms with Gasteiger partial charge in [-0.05, 0) is 18.6 Å². The topological polar surface area (TPSA) is 115 Å². The smallest absolute Gasteiger partial charge is 0.232 e. The maximum Gasteiger partial charge on any atom is 0.232 e. The van der Waals surface area contributed by atoms with E-state index < -0.39 is 15.8 Å². The summed E-state index contributed by atoms with van der Waals surface area (Å²) in [5, 5.41) is 5.86. The van der Waals surface area contributed by atoms with Crippen molar-refractivity contribution in [2.24, 2.45) is 0 Å². The van der Waals surface area contributed by atoms with Crippen LogP contribution in [-0.4, -0.2) is 53.0 Å². The summed E-state index contributed by atoms with van der Waals surface area (Å²) in [5.74, 6) is 0.475. The third-order valence-electron chi connectivity index (χ3n) is 4.97. The van der Waals surface area contributed by atoms with E-state index in [0.717, 1.165) is 16.8 Å². The van der Waals surface area contributed by atoms with Crippen molar-refractivity contribution in [3.8, 4) is 17.2 Å². The Morgan fingerprint density at radius 2 is 1.68 bits per heavy atom. The second-order valence-corrected chi connectivity index (χ2v) is 9.27. The maximum absolute atomic E-state index is 14.6. The minimum Gasteiger partial charge on any atom is -0.493 e. The third kappa shape index (κ3) is 5.22. The molecule has 1 heterocycles. The zero-order valence-corrected chi connectivity index (χ0v) is 20.4. The molecule has 0 saturated carbocycles. The summed E-state index contributed by atoms with van der Waals surface area (Å²) < 4.78 is 56.0. The molecule has 0 aliphatic rings. The van der Waals surface area contributed by atoms with Gasteiger partial charge in [0.05, 0.1) is 45.2 Å². The number of para-hydroxylation sites is 1. The molecule has 182 valence electrons. The maximum atomic E-state index is 14.6. The fourth-order valence-electron chi connectivity index (χ4n) is 3.27. The lowest BCUT2D eigenvalue weighted by atomic mass is 10.1. The second kappa shape index (κ2) is 10.00. The number of hydrogen-bond donors (Lipinski definition) is 2. The van der Waals surface area contributed by atoms with E-state index in [1.54, 1.807) is 37.3 Å². The molecule has 3 rings (SSSR count). The van der Waals surface area contributed by atoms with Crippen LogP contribution in [0, 0.1) is 12.7 Å². The van der Waals surface area contributed by atoms with Gasteiger partial charge in [-0.15, -0.1) is 0 Å². The number of halogens is 1. The van der Waals surface area contributed by atoms with Gasteiger partial charge < -0.3 is 24.8 Å². The van der Waals surface area contributed by atoms with Crippen molar-refractivity contribution in [3.05, 3.63) is 47.9 Å². The Morgan fingerprint density at radius 1 is 1.03 bits per heavy atom. The average Bonchev–Trinajstić information content (AvgIpc) is 2.79. The highest BCUT2D eigenvalue weighted by Gasteiger charge is 2.20. The first-order valence-corrected chi connectivity index (χ1v) is 11.8. The predicted molar refractivity (Wildman–Crippen MR) is 129 cm³/mol. The Morgan fingerprint density at radius 3 is 2.24 bits per heavy atom. The molecule has 0 bridgehead atoms. The Kier molecular flexibility index (Phi) is 7.30. The molecule has 0 aliphatic heterocycles. The highest BCUT2D eigenvalue weighted by atomic mass is 32.2. The molecule has 0 amide bonds. The summed E-state index contributed by atoms with van der Waals surface area (Å²) >= 11 is 0. The quantitative estimate of drug-likeness (QED) is 0.461. The molecular formula is C22H26FN5O5S. The van der Waals surface area contributed by atoms with Gasteiger partial charge in [-0.25, -0.2) is 17.8 Å². The zero-order chi connectivity index (χ0) is 25.0. The van der Waals surface area contributed by atoms with E-state index in [9.17, 15) is 12.8 Å². The Balaban J connectivity index is 1.98. The number of sulfonamides is 1. The summed E-state index contributed by atoms with van der Waals surface area (Å²) in [7, 11) is 2.35. The molecule has 10 nitrogen and oxygen atoms in total. The summed E-state index contributed by atoms with van der Waals surface area (Å²) in [6, 6.07) is 8.43. The van der Waals surface area contributed by atoms with E-state index >= 15 is 0 Å². The minimum atomic E-state index is -3.55. The number of aromatic nitrogens is 2. The van der Waals surface area contributed by atoms with Gasteiger partial charge in [0.15, 0.2) is 23.1 Å². The largest absolute Gasteiger partial charge is 0.493 e. The van der Waals surface area contributed by atoms with E-state index in [4.69, 9.17) is 14.2 Å². The second-order valence-electron chi connectivity index (χ2n) is 7.26. The van der Waals surface area contributed by atoms with Crippen molar-refractivity contribution < 1.29 is 27.0 Å². The molecule has 0 unspecified atom stereocenters. The van der Waals surface area contributed by atoms with E-state index in [2.05, 4.69) is 20.6 Å². The van der Waals surface area contributed by atoms with Crippen molar-refractivity contribution in [3.63, 3.8) is 0 Å². The summed E-state index contributed by atoms with van der Waals surface area (Å²) in [4.78, 5) is 8.21. The van der Waals surface area contributed by atoms with Crippen molar-refractivity contribution in [1.82, 2.24) is 9.97 Å². The molecule has 2 aromatic carbocycles. The molecule has 0 aliphatic carbocycles. The number of rotatable bonds is 9. The van der Waals surface area contributed by atoms with Crippen LogP contribution in [0.25, 0.3) is 0 Å². The fraction of sp³-hybridized carbons (Fsp3) is 0.273. The average molecular weight is 492 g/mol. The number of ether oxygens (including phenoxy) is 3. The van der Waals surface area contributed by atoms with Gasteiger partial charge in [-0.2, -0.15) is 4.98 Å². The molecule has 0 saturated heterocycles. The molecule has 2 N–H and O–H groups in total. The number of anilines is 5. The lowest BCUT2D eigenvalue weighted by molar-refractivity contribution is 0.324. The van der Waals surface area contributed by atoms with Gasteiger partial charge in [-0.3, -0.25) is 4.31 Å². The summed E-state index contributed by atoms with van der Waals surface area (Å²) in [6.07, 6.45) is 2.10. The number of hydrogen-bond acceptors (Lipinski definition) is 9. The van der Waals surface area contributed by atoms with Crippen LogP contribution in [0.4, 0.5) is 33.2 Å². The normalized spacial score (nSPS) is 11.0. The summed E-state index contributed by atoms with van der Waals surface area (Å²) in [5.41, 5.74) is 1.94. The molecule has 0 spiro atoms. The van der Waals surface area contributed by atoms with Gasteiger partial charge in [0, 0.05) is 24.9 Å². The molecule has 0 radical (unpaired) electrons. The first kappa shape index (κ1) is 24.8. The first-order valence-electron chi connectivity index (χ1n) is 9.99. The van der Waals surface area contributed by atoms with Crippen LogP contribution in [0.5, 0.6) is 17.2 Å². The highest BCUT2D eigenvalue weighted by molar-refractivity contribution is 7.92. The van der Waals surface area contributed by atoms with Crippen LogP contribution in [-0.2, 0) is 10.0 Å². The van der Waals surface area contributed by atoms with Crippen molar-refractivity contribution >= 4 is 38.9 Å². The van der Waals surface area contributed by atoms with Crippen LogP contribution in [0.3, 0.4) is 0 Å². The number of nitrogens with zero attached hydrogens (tertiary/aromatic N) is 3. The number of aryl methyl sites for hydroxylation is 1. The molecule has 3 aromatic rings. The molecule has 34 heavy (non-hydrogen) atoms. The van der Waals surface area contributed by atoms with Gasteiger partial charge in [0.25, 0.3) is 0 Å². The van der Waals surface area contributed by atoms with E-state index in [1.807, 2.05) is 0 Å². The molecule has 12 heteroatoms. The molecule has 0 fully saturated rings. The number of benzene rings is 2. The van der Waals surface area contributed by atoms with Crippen LogP contribution in [0.2, 0.25) is 0 Å². The summed E-state index contributed by atoms with van der Waals surface area (Å²) in [6.45, 7) is 1.76. The lowest BCUT2D eigenvalue weighted by Crippen LogP contribution is -2.26. The van der Waals surface area contributed by atoms with Gasteiger partial charge >= 0.3 is 0 Å². The van der Waals surface area contributed by atoms with Crippen LogP contribution in [0.15, 0.2) is 36.5 Å². The first-order chi connectivity index (χ1) is 16.1. The molecular weight excluding hydrogens is 465 g/mol. The van der Waals surface area contributed by atoms with E-state index in [-0.39, 0.29) is 11.8 Å². The highest BCUT2D eigenvalue weighted by Crippen LogP contribution is 2.40. The monoisotopic (exact) mass is 491 g/mol. The Hall–Kier alpha value is -3.80. The standard InChI is InChI=1S/C22H26FN5O5S/c1-13-8-7-9-16(19(13)28(2)34(6,29)30)26-21-15(23)12-24-22(27-21)25-14-10-17(31-3)20(33-5)18(11-14)32-4/h7-12H,1-6H3,(H2,24,25,26,27). The van der Waals surface area contributed by atoms with Gasteiger partial charge in [0.1, 0.15) is 0 Å². The molecule has 0 atom stereocenters. The van der Waals surface area contributed by atoms with Crippen molar-refractivity contribution in [2.75, 3.05) is 49.6 Å². The van der Waals surface area contributed by atoms with E-state index in [1.165, 1.54) is 28.4 Å². The zero-order valence-electron chi connectivity index (χ0n) is 19.6. The predicted octanol–water partition coefficient (Wildman–Crippen LogP) is 3.83. The van der Waals surface area contributed by atoms with Crippen LogP contribution < -0.4 is 29.1 Å². The lowest BCUT2D eigenvalue weighted by Gasteiger charge is -2.23. The Bertz CT molecular complexity index is 1280. The van der Waals surface area contributed by atoms with E-state index in [0.29, 0.717) is 39.9 Å². The van der Waals surface area contributed by atoms with Gasteiger partial charge in [0.2, 0.25) is 21.7 Å². The molecule has 1 aromatic heterocycles. The minimum absolute atomic E-state index is 0.0869. The van der Waals surface area contributed by atoms with Crippen LogP contribution >= 0.6 is 0 Å². The third-order valence-corrected chi connectivity index (χ3v) is 6.15. The van der Waals surface area contributed by atoms with Crippen molar-refractivity contribution in [2.45, 2.75) is 6.92 Å². The fourth-order valence-corrected chi connectivity index (χ4v) is 3.84. The Labute approximate surface area is 197 Å². The van der Waals surface area contributed by atoms with Crippen molar-refractivity contribution in [1.29, 1.82) is 0 Å². The van der Waals surface area contributed by atoms with Crippen LogP contribution in [0.1, 0.15) is 5.56 Å².